The monoisotopic (exact) mass is 297 g/mol. The summed E-state index contributed by atoms with van der Waals surface area (Å²) in [5, 5.41) is 2.90. The second-order valence-corrected chi connectivity index (χ2v) is 5.55. The van der Waals surface area contributed by atoms with Crippen molar-refractivity contribution >= 4 is 11.6 Å². The lowest BCUT2D eigenvalue weighted by molar-refractivity contribution is -0.116. The number of amides is 1. The Kier molecular flexibility index (Phi) is 4.00. The second-order valence-electron chi connectivity index (χ2n) is 5.55. The summed E-state index contributed by atoms with van der Waals surface area (Å²) in [4.78, 5) is 12.1. The molecule has 4 nitrogen and oxygen atoms in total. The molecule has 0 saturated carbocycles. The Morgan fingerprint density at radius 3 is 2.73 bits per heavy atom. The van der Waals surface area contributed by atoms with Gasteiger partial charge in [-0.25, -0.2) is 0 Å². The molecule has 22 heavy (non-hydrogen) atoms. The average molecular weight is 297 g/mol. The van der Waals surface area contributed by atoms with Crippen molar-refractivity contribution in [3.05, 3.63) is 53.1 Å². The highest BCUT2D eigenvalue weighted by Gasteiger charge is 2.14. The first kappa shape index (κ1) is 14.4. The van der Waals surface area contributed by atoms with Gasteiger partial charge in [0.25, 0.3) is 0 Å². The summed E-state index contributed by atoms with van der Waals surface area (Å²) in [5.74, 6) is 1.39. The predicted octanol–water partition coefficient (Wildman–Crippen LogP) is 3.60. The zero-order valence-electron chi connectivity index (χ0n) is 12.8. The Morgan fingerprint density at radius 1 is 1.09 bits per heavy atom. The molecular weight excluding hydrogens is 278 g/mol. The summed E-state index contributed by atoms with van der Waals surface area (Å²) in [7, 11) is 0. The number of hydrogen-bond acceptors (Lipinski definition) is 3. The number of hydrogen-bond donors (Lipinski definition) is 1. The van der Waals surface area contributed by atoms with Crippen LogP contribution in [0.4, 0.5) is 5.69 Å². The molecule has 114 valence electrons. The molecule has 1 heterocycles. The molecule has 0 fully saturated rings. The lowest BCUT2D eigenvalue weighted by Crippen LogP contribution is -2.12. The van der Waals surface area contributed by atoms with E-state index in [0.29, 0.717) is 17.9 Å². The van der Waals surface area contributed by atoms with Gasteiger partial charge in [0.15, 0.2) is 11.5 Å². The van der Waals surface area contributed by atoms with Gasteiger partial charge in [0, 0.05) is 18.2 Å². The quantitative estimate of drug-likeness (QED) is 0.938. The number of ether oxygens (including phenoxy) is 2. The first-order chi connectivity index (χ1) is 10.6. The molecule has 0 unspecified atom stereocenters. The van der Waals surface area contributed by atoms with Gasteiger partial charge < -0.3 is 14.8 Å². The van der Waals surface area contributed by atoms with E-state index in [9.17, 15) is 4.79 Å². The fourth-order valence-corrected chi connectivity index (χ4v) is 2.57. The van der Waals surface area contributed by atoms with E-state index in [4.69, 9.17) is 9.47 Å². The van der Waals surface area contributed by atoms with Gasteiger partial charge in [0.2, 0.25) is 12.7 Å². The second kappa shape index (κ2) is 6.10. The van der Waals surface area contributed by atoms with E-state index in [1.54, 1.807) is 6.07 Å². The van der Waals surface area contributed by atoms with Crippen LogP contribution in [0.3, 0.4) is 0 Å². The van der Waals surface area contributed by atoms with Crippen molar-refractivity contribution in [2.24, 2.45) is 0 Å². The van der Waals surface area contributed by atoms with Gasteiger partial charge >= 0.3 is 0 Å². The van der Waals surface area contributed by atoms with Crippen LogP contribution in [0, 0.1) is 13.8 Å². The molecular formula is C18H19NO3. The first-order valence-electron chi connectivity index (χ1n) is 7.37. The van der Waals surface area contributed by atoms with E-state index in [0.717, 1.165) is 12.1 Å². The van der Waals surface area contributed by atoms with Crippen LogP contribution in [0.15, 0.2) is 36.4 Å². The van der Waals surface area contributed by atoms with Crippen molar-refractivity contribution in [3.63, 3.8) is 0 Å². The van der Waals surface area contributed by atoms with E-state index < -0.39 is 0 Å². The van der Waals surface area contributed by atoms with Gasteiger partial charge in [-0.05, 0) is 43.5 Å². The van der Waals surface area contributed by atoms with E-state index in [2.05, 4.69) is 37.4 Å². The minimum Gasteiger partial charge on any atom is -0.454 e. The van der Waals surface area contributed by atoms with Gasteiger partial charge in [-0.1, -0.05) is 23.8 Å². The Bertz CT molecular complexity index is 709. The van der Waals surface area contributed by atoms with Crippen LogP contribution in [0.2, 0.25) is 0 Å². The first-order valence-corrected chi connectivity index (χ1v) is 7.37. The summed E-state index contributed by atoms with van der Waals surface area (Å²) >= 11 is 0. The fraction of sp³-hybridized carbons (Fsp3) is 0.278. The normalized spacial score (nSPS) is 12.3. The predicted molar refractivity (Wildman–Crippen MR) is 85.4 cm³/mol. The van der Waals surface area contributed by atoms with Crippen LogP contribution < -0.4 is 14.8 Å². The third-order valence-corrected chi connectivity index (χ3v) is 3.78. The Labute approximate surface area is 130 Å². The summed E-state index contributed by atoms with van der Waals surface area (Å²) in [5.41, 5.74) is 4.42. The molecule has 1 amide bonds. The zero-order valence-corrected chi connectivity index (χ0v) is 12.8. The molecule has 0 atom stereocenters. The standard InChI is InChI=1S/C18H19NO3/c1-12-3-4-14(13(2)9-12)5-8-18(20)19-15-6-7-16-17(10-15)22-11-21-16/h3-4,6-7,9-10H,5,8,11H2,1-2H3,(H,19,20). The van der Waals surface area contributed by atoms with Crippen molar-refractivity contribution in [1.82, 2.24) is 0 Å². The number of rotatable bonds is 4. The van der Waals surface area contributed by atoms with Gasteiger partial charge in [-0.15, -0.1) is 0 Å². The topological polar surface area (TPSA) is 47.6 Å². The molecule has 4 heteroatoms. The largest absolute Gasteiger partial charge is 0.454 e. The average Bonchev–Trinajstić information content (AvgIpc) is 2.94. The molecule has 1 aliphatic heterocycles. The van der Waals surface area contributed by atoms with Crippen LogP contribution in [0.1, 0.15) is 23.1 Å². The molecule has 0 bridgehead atoms. The highest BCUT2D eigenvalue weighted by Crippen LogP contribution is 2.34. The number of anilines is 1. The Morgan fingerprint density at radius 2 is 1.91 bits per heavy atom. The number of nitrogens with one attached hydrogen (secondary N) is 1. The maximum atomic E-state index is 12.1. The molecule has 0 radical (unpaired) electrons. The molecule has 0 aliphatic carbocycles. The number of fused-ring (bicyclic) bond motifs is 1. The minimum absolute atomic E-state index is 0.00107. The fourth-order valence-electron chi connectivity index (χ4n) is 2.57. The van der Waals surface area contributed by atoms with Gasteiger partial charge in [-0.2, -0.15) is 0 Å². The molecule has 0 saturated heterocycles. The van der Waals surface area contributed by atoms with Crippen LogP contribution in [0.25, 0.3) is 0 Å². The minimum atomic E-state index is -0.00107. The number of aryl methyl sites for hydroxylation is 3. The van der Waals surface area contributed by atoms with E-state index in [1.165, 1.54) is 16.7 Å². The number of benzene rings is 2. The van der Waals surface area contributed by atoms with Crippen molar-refractivity contribution in [3.8, 4) is 11.5 Å². The van der Waals surface area contributed by atoms with Crippen molar-refractivity contribution in [2.45, 2.75) is 26.7 Å². The smallest absolute Gasteiger partial charge is 0.231 e. The van der Waals surface area contributed by atoms with Crippen LogP contribution in [0.5, 0.6) is 11.5 Å². The van der Waals surface area contributed by atoms with Gasteiger partial charge in [-0.3, -0.25) is 4.79 Å². The third kappa shape index (κ3) is 3.22. The third-order valence-electron chi connectivity index (χ3n) is 3.78. The maximum absolute atomic E-state index is 12.1. The van der Waals surface area contributed by atoms with E-state index >= 15 is 0 Å². The number of carbonyl (C=O) groups excluding carboxylic acids is 1. The van der Waals surface area contributed by atoms with E-state index in [1.807, 2.05) is 12.1 Å². The van der Waals surface area contributed by atoms with E-state index in [-0.39, 0.29) is 12.7 Å². The molecule has 1 aliphatic rings. The highest BCUT2D eigenvalue weighted by molar-refractivity contribution is 5.91. The Hall–Kier alpha value is -2.49. The van der Waals surface area contributed by atoms with Crippen molar-refractivity contribution < 1.29 is 14.3 Å². The molecule has 2 aromatic rings. The highest BCUT2D eigenvalue weighted by atomic mass is 16.7. The summed E-state index contributed by atoms with van der Waals surface area (Å²) in [6.07, 6.45) is 1.20. The lowest BCUT2D eigenvalue weighted by Gasteiger charge is -2.08. The summed E-state index contributed by atoms with van der Waals surface area (Å²) < 4.78 is 10.6. The molecule has 2 aromatic carbocycles. The lowest BCUT2D eigenvalue weighted by atomic mass is 10.0. The van der Waals surface area contributed by atoms with Crippen LogP contribution >= 0.6 is 0 Å². The molecule has 1 N–H and O–H groups in total. The SMILES string of the molecule is Cc1ccc(CCC(=O)Nc2ccc3c(c2)OCO3)c(C)c1. The van der Waals surface area contributed by atoms with Crippen molar-refractivity contribution in [1.29, 1.82) is 0 Å². The summed E-state index contributed by atoms with van der Waals surface area (Å²) in [6.45, 7) is 4.39. The molecule has 0 spiro atoms. The van der Waals surface area contributed by atoms with Crippen LogP contribution in [-0.2, 0) is 11.2 Å². The Balaban J connectivity index is 1.58. The molecule has 0 aromatic heterocycles. The van der Waals surface area contributed by atoms with Crippen LogP contribution in [-0.4, -0.2) is 12.7 Å². The van der Waals surface area contributed by atoms with Gasteiger partial charge in [0.05, 0.1) is 0 Å². The maximum Gasteiger partial charge on any atom is 0.231 e. The molecule has 3 rings (SSSR count). The zero-order chi connectivity index (χ0) is 15.5. The van der Waals surface area contributed by atoms with Gasteiger partial charge in [0.1, 0.15) is 0 Å². The van der Waals surface area contributed by atoms with Crippen molar-refractivity contribution in [2.75, 3.05) is 12.1 Å². The number of carbonyl (C=O) groups is 1. The summed E-state index contributed by atoms with van der Waals surface area (Å²) in [6, 6.07) is 11.7.